The average Bonchev–Trinajstić information content (AvgIpc) is 2.46. The van der Waals surface area contributed by atoms with E-state index in [2.05, 4.69) is 21.2 Å². The number of carbonyl (C=O) groups is 1. The van der Waals surface area contributed by atoms with Crippen molar-refractivity contribution in [1.82, 2.24) is 5.32 Å². The van der Waals surface area contributed by atoms with Crippen LogP contribution < -0.4 is 10.1 Å². The zero-order valence-electron chi connectivity index (χ0n) is 11.4. The molecule has 0 saturated heterocycles. The van der Waals surface area contributed by atoms with Gasteiger partial charge < -0.3 is 10.1 Å². The molecule has 0 unspecified atom stereocenters. The Morgan fingerprint density at radius 1 is 1.25 bits per heavy atom. The predicted molar refractivity (Wildman–Crippen MR) is 83.0 cm³/mol. The Morgan fingerprint density at radius 3 is 2.70 bits per heavy atom. The molecule has 0 aliphatic carbocycles. The second-order valence-corrected chi connectivity index (χ2v) is 5.37. The Balaban J connectivity index is 2.09. The van der Waals surface area contributed by atoms with Gasteiger partial charge in [0, 0.05) is 11.0 Å². The van der Waals surface area contributed by atoms with E-state index < -0.39 is 0 Å². The van der Waals surface area contributed by atoms with Gasteiger partial charge in [0.05, 0.1) is 12.7 Å². The molecule has 4 heteroatoms. The van der Waals surface area contributed by atoms with Gasteiger partial charge in [-0.25, -0.2) is 0 Å². The van der Waals surface area contributed by atoms with E-state index in [9.17, 15) is 4.79 Å². The third-order valence-corrected chi connectivity index (χ3v) is 3.59. The van der Waals surface area contributed by atoms with Crippen LogP contribution in [-0.4, -0.2) is 13.0 Å². The van der Waals surface area contributed by atoms with Crippen LogP contribution in [0.15, 0.2) is 46.9 Å². The van der Waals surface area contributed by atoms with Crippen LogP contribution in [0.4, 0.5) is 0 Å². The summed E-state index contributed by atoms with van der Waals surface area (Å²) >= 11 is 3.43. The minimum Gasteiger partial charge on any atom is -0.496 e. The summed E-state index contributed by atoms with van der Waals surface area (Å²) < 4.78 is 6.23. The van der Waals surface area contributed by atoms with E-state index in [0.717, 1.165) is 15.6 Å². The molecule has 0 heterocycles. The van der Waals surface area contributed by atoms with E-state index in [1.807, 2.05) is 37.3 Å². The lowest BCUT2D eigenvalue weighted by Gasteiger charge is -2.10. The average molecular weight is 334 g/mol. The molecule has 1 amide bonds. The summed E-state index contributed by atoms with van der Waals surface area (Å²) in [6, 6.07) is 13.2. The van der Waals surface area contributed by atoms with Gasteiger partial charge in [-0.1, -0.05) is 34.1 Å². The highest BCUT2D eigenvalue weighted by Gasteiger charge is 2.11. The maximum atomic E-state index is 12.2. The summed E-state index contributed by atoms with van der Waals surface area (Å²) in [5.41, 5.74) is 2.78. The van der Waals surface area contributed by atoms with Gasteiger partial charge in [-0.2, -0.15) is 0 Å². The lowest BCUT2D eigenvalue weighted by Crippen LogP contribution is -2.23. The molecule has 0 aromatic heterocycles. The number of nitrogens with one attached hydrogen (secondary N) is 1. The van der Waals surface area contributed by atoms with Crippen molar-refractivity contribution in [3.63, 3.8) is 0 Å². The first-order valence-corrected chi connectivity index (χ1v) is 7.07. The first-order valence-electron chi connectivity index (χ1n) is 6.28. The van der Waals surface area contributed by atoms with E-state index in [4.69, 9.17) is 4.74 Å². The highest BCUT2D eigenvalue weighted by atomic mass is 79.9. The highest BCUT2D eigenvalue weighted by Crippen LogP contribution is 2.18. The molecule has 2 aromatic rings. The molecule has 20 heavy (non-hydrogen) atoms. The van der Waals surface area contributed by atoms with Gasteiger partial charge in [-0.3, -0.25) is 4.79 Å². The van der Waals surface area contributed by atoms with Gasteiger partial charge in [-0.15, -0.1) is 0 Å². The monoisotopic (exact) mass is 333 g/mol. The predicted octanol–water partition coefficient (Wildman–Crippen LogP) is 3.70. The van der Waals surface area contributed by atoms with Gasteiger partial charge in [-0.05, 0) is 42.3 Å². The number of benzene rings is 2. The Morgan fingerprint density at radius 2 is 2.00 bits per heavy atom. The number of halogens is 1. The van der Waals surface area contributed by atoms with Crippen LogP contribution in [0.1, 0.15) is 21.5 Å². The summed E-state index contributed by atoms with van der Waals surface area (Å²) in [5.74, 6) is 0.447. The van der Waals surface area contributed by atoms with Gasteiger partial charge in [0.1, 0.15) is 5.75 Å². The minimum atomic E-state index is -0.134. The van der Waals surface area contributed by atoms with Crippen molar-refractivity contribution in [3.05, 3.63) is 63.6 Å². The SMILES string of the molecule is COc1ccccc1C(=O)NCc1ccc(Br)cc1C. The molecule has 0 aliphatic rings. The first kappa shape index (κ1) is 14.6. The number of rotatable bonds is 4. The van der Waals surface area contributed by atoms with Crippen molar-refractivity contribution < 1.29 is 9.53 Å². The van der Waals surface area contributed by atoms with Crippen LogP contribution in [0, 0.1) is 6.92 Å². The summed E-state index contributed by atoms with van der Waals surface area (Å²) in [6.07, 6.45) is 0. The summed E-state index contributed by atoms with van der Waals surface area (Å²) in [5, 5.41) is 2.92. The maximum Gasteiger partial charge on any atom is 0.255 e. The van der Waals surface area contributed by atoms with Crippen molar-refractivity contribution in [2.24, 2.45) is 0 Å². The standard InChI is InChI=1S/C16H16BrNO2/c1-11-9-13(17)8-7-12(11)10-18-16(19)14-5-3-4-6-15(14)20-2/h3-9H,10H2,1-2H3,(H,18,19). The molecule has 104 valence electrons. The number of hydrogen-bond acceptors (Lipinski definition) is 2. The molecule has 0 aliphatic heterocycles. The number of ether oxygens (including phenoxy) is 1. The molecule has 3 nitrogen and oxygen atoms in total. The number of carbonyl (C=O) groups excluding carboxylic acids is 1. The lowest BCUT2D eigenvalue weighted by molar-refractivity contribution is 0.0948. The van der Waals surface area contributed by atoms with Gasteiger partial charge in [0.15, 0.2) is 0 Å². The fourth-order valence-corrected chi connectivity index (χ4v) is 2.44. The van der Waals surface area contributed by atoms with Crippen LogP contribution in [0.3, 0.4) is 0 Å². The zero-order chi connectivity index (χ0) is 14.5. The van der Waals surface area contributed by atoms with Crippen molar-refractivity contribution in [3.8, 4) is 5.75 Å². The number of amides is 1. The van der Waals surface area contributed by atoms with Gasteiger partial charge in [0.2, 0.25) is 0 Å². The van der Waals surface area contributed by atoms with E-state index in [0.29, 0.717) is 17.9 Å². The molecule has 1 N–H and O–H groups in total. The molecule has 2 rings (SSSR count). The molecule has 0 bridgehead atoms. The van der Waals surface area contributed by atoms with Crippen molar-refractivity contribution in [2.75, 3.05) is 7.11 Å². The van der Waals surface area contributed by atoms with Crippen LogP contribution in [0.25, 0.3) is 0 Å². The topological polar surface area (TPSA) is 38.3 Å². The number of methoxy groups -OCH3 is 1. The summed E-state index contributed by atoms with van der Waals surface area (Å²) in [6.45, 7) is 2.52. The Kier molecular flexibility index (Phi) is 4.79. The molecule has 0 radical (unpaired) electrons. The molecule has 0 fully saturated rings. The van der Waals surface area contributed by atoms with Crippen LogP contribution in [-0.2, 0) is 6.54 Å². The minimum absolute atomic E-state index is 0.134. The van der Waals surface area contributed by atoms with E-state index >= 15 is 0 Å². The van der Waals surface area contributed by atoms with E-state index in [1.165, 1.54) is 0 Å². The smallest absolute Gasteiger partial charge is 0.255 e. The van der Waals surface area contributed by atoms with Crippen LogP contribution in [0.2, 0.25) is 0 Å². The number of hydrogen-bond donors (Lipinski definition) is 1. The van der Waals surface area contributed by atoms with Gasteiger partial charge in [0.25, 0.3) is 5.91 Å². The first-order chi connectivity index (χ1) is 9.61. The maximum absolute atomic E-state index is 12.2. The molecule has 0 saturated carbocycles. The summed E-state index contributed by atoms with van der Waals surface area (Å²) in [4.78, 5) is 12.2. The third kappa shape index (κ3) is 3.39. The van der Waals surface area contributed by atoms with Crippen LogP contribution in [0.5, 0.6) is 5.75 Å². The largest absolute Gasteiger partial charge is 0.496 e. The third-order valence-electron chi connectivity index (χ3n) is 3.10. The lowest BCUT2D eigenvalue weighted by atomic mass is 10.1. The van der Waals surface area contributed by atoms with Crippen molar-refractivity contribution in [1.29, 1.82) is 0 Å². The fourth-order valence-electron chi connectivity index (χ4n) is 1.96. The normalized spacial score (nSPS) is 10.2. The number of aryl methyl sites for hydroxylation is 1. The van der Waals surface area contributed by atoms with E-state index in [1.54, 1.807) is 19.2 Å². The highest BCUT2D eigenvalue weighted by molar-refractivity contribution is 9.10. The van der Waals surface area contributed by atoms with Crippen LogP contribution >= 0.6 is 15.9 Å². The second-order valence-electron chi connectivity index (χ2n) is 4.45. The van der Waals surface area contributed by atoms with Crippen molar-refractivity contribution in [2.45, 2.75) is 13.5 Å². The molecule has 2 aromatic carbocycles. The quantitative estimate of drug-likeness (QED) is 0.926. The molecule has 0 spiro atoms. The summed E-state index contributed by atoms with van der Waals surface area (Å²) in [7, 11) is 1.56. The fraction of sp³-hybridized carbons (Fsp3) is 0.188. The Hall–Kier alpha value is -1.81. The Bertz CT molecular complexity index is 626. The second kappa shape index (κ2) is 6.57. The molecular formula is C16H16BrNO2. The van der Waals surface area contributed by atoms with E-state index in [-0.39, 0.29) is 5.91 Å². The zero-order valence-corrected chi connectivity index (χ0v) is 13.0. The number of para-hydroxylation sites is 1. The molecule has 0 atom stereocenters. The molecular weight excluding hydrogens is 318 g/mol. The van der Waals surface area contributed by atoms with Crippen molar-refractivity contribution >= 4 is 21.8 Å². The Labute approximate surface area is 127 Å². The van der Waals surface area contributed by atoms with Gasteiger partial charge >= 0.3 is 0 Å².